The van der Waals surface area contributed by atoms with Crippen molar-refractivity contribution in [2.75, 3.05) is 17.3 Å². The molecule has 0 spiro atoms. The van der Waals surface area contributed by atoms with Gasteiger partial charge >= 0.3 is 0 Å². The van der Waals surface area contributed by atoms with E-state index in [4.69, 9.17) is 0 Å². The van der Waals surface area contributed by atoms with Crippen molar-refractivity contribution in [1.82, 2.24) is 4.98 Å². The average Bonchev–Trinajstić information content (AvgIpc) is 2.69. The van der Waals surface area contributed by atoms with E-state index in [9.17, 15) is 4.79 Å². The fourth-order valence-corrected chi connectivity index (χ4v) is 3.03. The molecule has 2 aromatic carbocycles. The van der Waals surface area contributed by atoms with Crippen LogP contribution >= 0.6 is 0 Å². The molecule has 0 saturated carbocycles. The number of benzene rings is 2. The number of carbonyl (C=O) groups is 1. The van der Waals surface area contributed by atoms with Gasteiger partial charge in [-0.2, -0.15) is 0 Å². The van der Waals surface area contributed by atoms with Crippen molar-refractivity contribution in [1.29, 1.82) is 0 Å². The Kier molecular flexibility index (Phi) is 5.87. The van der Waals surface area contributed by atoms with Crippen LogP contribution < -0.4 is 10.2 Å². The fourth-order valence-electron chi connectivity index (χ4n) is 3.03. The Morgan fingerprint density at radius 1 is 1.04 bits per heavy atom. The third-order valence-electron chi connectivity index (χ3n) is 4.51. The molecular weight excluding hydrogens is 334 g/mol. The van der Waals surface area contributed by atoms with Gasteiger partial charge in [0.05, 0.1) is 0 Å². The molecule has 0 saturated heterocycles. The van der Waals surface area contributed by atoms with Gasteiger partial charge in [-0.3, -0.25) is 9.78 Å². The van der Waals surface area contributed by atoms with Crippen molar-refractivity contribution in [3.05, 3.63) is 89.7 Å². The molecule has 0 radical (unpaired) electrons. The first-order chi connectivity index (χ1) is 13.0. The van der Waals surface area contributed by atoms with Gasteiger partial charge in [0, 0.05) is 31.2 Å². The minimum atomic E-state index is -0.196. The van der Waals surface area contributed by atoms with Crippen LogP contribution in [0, 0.1) is 0 Å². The zero-order valence-corrected chi connectivity index (χ0v) is 16.0. The number of anilines is 2. The lowest BCUT2D eigenvalue weighted by atomic mass is 10.0. The van der Waals surface area contributed by atoms with E-state index in [1.807, 2.05) is 61.6 Å². The van der Waals surface area contributed by atoms with E-state index in [0.29, 0.717) is 11.6 Å². The first kappa shape index (κ1) is 18.6. The Labute approximate surface area is 160 Å². The molecule has 1 heterocycles. The monoisotopic (exact) mass is 359 g/mol. The average molecular weight is 359 g/mol. The molecular formula is C23H25N3O. The van der Waals surface area contributed by atoms with Crippen molar-refractivity contribution in [3.63, 3.8) is 0 Å². The number of rotatable bonds is 6. The smallest absolute Gasteiger partial charge is 0.274 e. The van der Waals surface area contributed by atoms with Gasteiger partial charge in [-0.1, -0.05) is 62.4 Å². The summed E-state index contributed by atoms with van der Waals surface area (Å²) in [5, 5.41) is 3.00. The molecule has 0 atom stereocenters. The molecule has 0 unspecified atom stereocenters. The number of amides is 1. The second-order valence-corrected chi connectivity index (χ2v) is 6.94. The van der Waals surface area contributed by atoms with Crippen LogP contribution in [0.5, 0.6) is 0 Å². The number of nitrogens with one attached hydrogen (secondary N) is 1. The second-order valence-electron chi connectivity index (χ2n) is 6.94. The fraction of sp³-hybridized carbons (Fsp3) is 0.217. The van der Waals surface area contributed by atoms with Crippen molar-refractivity contribution in [2.24, 2.45) is 0 Å². The molecule has 1 amide bonds. The van der Waals surface area contributed by atoms with Crippen LogP contribution in [0.2, 0.25) is 0 Å². The summed E-state index contributed by atoms with van der Waals surface area (Å²) in [5.41, 5.74) is 4.53. The summed E-state index contributed by atoms with van der Waals surface area (Å²) in [4.78, 5) is 19.1. The van der Waals surface area contributed by atoms with Gasteiger partial charge in [0.1, 0.15) is 5.69 Å². The van der Waals surface area contributed by atoms with Crippen LogP contribution in [-0.2, 0) is 6.54 Å². The van der Waals surface area contributed by atoms with Crippen molar-refractivity contribution in [3.8, 4) is 0 Å². The number of pyridine rings is 1. The van der Waals surface area contributed by atoms with E-state index in [1.165, 1.54) is 5.56 Å². The lowest BCUT2D eigenvalue weighted by Gasteiger charge is -2.20. The maximum Gasteiger partial charge on any atom is 0.274 e. The van der Waals surface area contributed by atoms with Crippen LogP contribution in [0.4, 0.5) is 11.4 Å². The summed E-state index contributed by atoms with van der Waals surface area (Å²) in [7, 11) is 2.01. The summed E-state index contributed by atoms with van der Waals surface area (Å²) < 4.78 is 0. The summed E-state index contributed by atoms with van der Waals surface area (Å²) >= 11 is 0. The number of nitrogens with zero attached hydrogens (tertiary/aromatic N) is 2. The zero-order chi connectivity index (χ0) is 19.2. The van der Waals surface area contributed by atoms with Crippen LogP contribution in [-0.4, -0.2) is 17.9 Å². The Hall–Kier alpha value is -3.14. The Morgan fingerprint density at radius 3 is 2.48 bits per heavy atom. The molecule has 0 bridgehead atoms. The van der Waals surface area contributed by atoms with Gasteiger partial charge in [-0.05, 0) is 35.2 Å². The summed E-state index contributed by atoms with van der Waals surface area (Å²) in [6, 6.07) is 21.9. The maximum atomic E-state index is 12.7. The summed E-state index contributed by atoms with van der Waals surface area (Å²) in [5.74, 6) is 0.135. The van der Waals surface area contributed by atoms with Crippen LogP contribution in [0.1, 0.15) is 41.4 Å². The Morgan fingerprint density at radius 2 is 1.74 bits per heavy atom. The highest BCUT2D eigenvalue weighted by molar-refractivity contribution is 6.03. The molecule has 27 heavy (non-hydrogen) atoms. The van der Waals surface area contributed by atoms with E-state index >= 15 is 0 Å². The molecule has 0 fully saturated rings. The Balaban J connectivity index is 1.76. The van der Waals surface area contributed by atoms with Gasteiger partial charge in [0.2, 0.25) is 0 Å². The molecule has 1 N–H and O–H groups in total. The predicted octanol–water partition coefficient (Wildman–Crippen LogP) is 5.09. The van der Waals surface area contributed by atoms with Crippen LogP contribution in [0.25, 0.3) is 0 Å². The molecule has 1 aromatic heterocycles. The van der Waals surface area contributed by atoms with Crippen molar-refractivity contribution >= 4 is 17.3 Å². The summed E-state index contributed by atoms with van der Waals surface area (Å²) in [6.45, 7) is 4.99. The van der Waals surface area contributed by atoms with Gasteiger partial charge < -0.3 is 10.2 Å². The lowest BCUT2D eigenvalue weighted by molar-refractivity contribution is 0.102. The first-order valence-corrected chi connectivity index (χ1v) is 9.16. The molecule has 0 aliphatic rings. The zero-order valence-electron chi connectivity index (χ0n) is 16.0. The van der Waals surface area contributed by atoms with Gasteiger partial charge in [0.25, 0.3) is 5.91 Å². The van der Waals surface area contributed by atoms with Crippen LogP contribution in [0.15, 0.2) is 72.9 Å². The largest absolute Gasteiger partial charge is 0.370 e. The highest BCUT2D eigenvalue weighted by Crippen LogP contribution is 2.24. The molecule has 0 aliphatic carbocycles. The number of para-hydroxylation sites is 1. The number of hydrogen-bond acceptors (Lipinski definition) is 3. The van der Waals surface area contributed by atoms with Gasteiger partial charge in [0.15, 0.2) is 0 Å². The van der Waals surface area contributed by atoms with E-state index in [-0.39, 0.29) is 5.91 Å². The molecule has 3 aromatic rings. The molecule has 138 valence electrons. The minimum Gasteiger partial charge on any atom is -0.370 e. The molecule has 3 rings (SSSR count). The Bertz CT molecular complexity index is 906. The molecule has 4 heteroatoms. The third-order valence-corrected chi connectivity index (χ3v) is 4.51. The minimum absolute atomic E-state index is 0.196. The highest BCUT2D eigenvalue weighted by atomic mass is 16.1. The topological polar surface area (TPSA) is 45.2 Å². The lowest BCUT2D eigenvalue weighted by Crippen LogP contribution is -2.19. The standard InChI is InChI=1S/C23H25N3O/c1-17(2)20-11-7-8-12-21(20)25-23(27)22-15-19(13-14-24-22)26(3)16-18-9-5-4-6-10-18/h4-15,17H,16H2,1-3H3,(H,25,27). The van der Waals surface area contributed by atoms with E-state index in [2.05, 4.69) is 41.2 Å². The first-order valence-electron chi connectivity index (χ1n) is 9.16. The normalized spacial score (nSPS) is 10.7. The van der Waals surface area contributed by atoms with Crippen LogP contribution in [0.3, 0.4) is 0 Å². The third kappa shape index (κ3) is 4.73. The number of aromatic nitrogens is 1. The van der Waals surface area contributed by atoms with Crippen molar-refractivity contribution in [2.45, 2.75) is 26.3 Å². The van der Waals surface area contributed by atoms with E-state index in [0.717, 1.165) is 23.5 Å². The van der Waals surface area contributed by atoms with E-state index < -0.39 is 0 Å². The maximum absolute atomic E-state index is 12.7. The van der Waals surface area contributed by atoms with Crippen molar-refractivity contribution < 1.29 is 4.79 Å². The predicted molar refractivity (Wildman–Crippen MR) is 111 cm³/mol. The number of hydrogen-bond donors (Lipinski definition) is 1. The second kappa shape index (κ2) is 8.49. The molecule has 4 nitrogen and oxygen atoms in total. The highest BCUT2D eigenvalue weighted by Gasteiger charge is 2.13. The van der Waals surface area contributed by atoms with Gasteiger partial charge in [-0.25, -0.2) is 0 Å². The summed E-state index contributed by atoms with van der Waals surface area (Å²) in [6.07, 6.45) is 1.68. The van der Waals surface area contributed by atoms with E-state index in [1.54, 1.807) is 6.20 Å². The van der Waals surface area contributed by atoms with Gasteiger partial charge in [-0.15, -0.1) is 0 Å². The molecule has 0 aliphatic heterocycles. The SMILES string of the molecule is CC(C)c1ccccc1NC(=O)c1cc(N(C)Cc2ccccc2)ccn1. The quantitative estimate of drug-likeness (QED) is 0.666. The number of carbonyl (C=O) groups excluding carboxylic acids is 1.